The standard InChI is InChI=1S/C25H50N2/c1-21(2,3)16-23(7,8)18-25(11,12)20(26-13)15-27(14)19-24(9,10)17-22(4,5)6/h15H,13,16-19H2,1-12,14H3/b20-15-. The van der Waals surface area contributed by atoms with E-state index in [9.17, 15) is 0 Å². The number of hydrogen-bond donors (Lipinski definition) is 0. The van der Waals surface area contributed by atoms with Crippen LogP contribution >= 0.6 is 0 Å². The summed E-state index contributed by atoms with van der Waals surface area (Å²) in [5.74, 6) is 0. The van der Waals surface area contributed by atoms with Gasteiger partial charge in [0.15, 0.2) is 0 Å². The molecule has 0 unspecified atom stereocenters. The van der Waals surface area contributed by atoms with Crippen molar-refractivity contribution in [3.63, 3.8) is 0 Å². The number of aliphatic imine (C=N–C) groups is 1. The lowest BCUT2D eigenvalue weighted by Crippen LogP contribution is -2.33. The number of allylic oxidation sites excluding steroid dienone is 1. The van der Waals surface area contributed by atoms with E-state index in [1.165, 1.54) is 12.8 Å². The molecule has 0 amide bonds. The largest absolute Gasteiger partial charge is 0.378 e. The monoisotopic (exact) mass is 378 g/mol. The van der Waals surface area contributed by atoms with E-state index in [0.717, 1.165) is 18.7 Å². The summed E-state index contributed by atoms with van der Waals surface area (Å²) in [6.07, 6.45) is 5.71. The summed E-state index contributed by atoms with van der Waals surface area (Å²) in [7, 11) is 2.17. The van der Waals surface area contributed by atoms with E-state index < -0.39 is 0 Å². The van der Waals surface area contributed by atoms with E-state index in [2.05, 4.69) is 113 Å². The van der Waals surface area contributed by atoms with Crippen LogP contribution in [-0.4, -0.2) is 25.2 Å². The highest BCUT2D eigenvalue weighted by Crippen LogP contribution is 2.45. The highest BCUT2D eigenvalue weighted by Gasteiger charge is 2.35. The lowest BCUT2D eigenvalue weighted by molar-refractivity contribution is 0.146. The highest BCUT2D eigenvalue weighted by atomic mass is 15.1. The van der Waals surface area contributed by atoms with Crippen LogP contribution in [0.1, 0.15) is 102 Å². The minimum Gasteiger partial charge on any atom is -0.378 e. The van der Waals surface area contributed by atoms with Crippen molar-refractivity contribution in [1.29, 1.82) is 0 Å². The Bertz CT molecular complexity index is 507. The first-order valence-corrected chi connectivity index (χ1v) is 10.6. The van der Waals surface area contributed by atoms with Gasteiger partial charge in [0, 0.05) is 25.2 Å². The van der Waals surface area contributed by atoms with Crippen LogP contribution in [-0.2, 0) is 0 Å². The molecule has 0 aromatic carbocycles. The molecule has 0 aromatic rings. The van der Waals surface area contributed by atoms with Crippen molar-refractivity contribution in [2.75, 3.05) is 13.6 Å². The quantitative estimate of drug-likeness (QED) is 0.374. The zero-order chi connectivity index (χ0) is 21.9. The van der Waals surface area contributed by atoms with Crippen LogP contribution in [0.3, 0.4) is 0 Å². The van der Waals surface area contributed by atoms with Crippen molar-refractivity contribution in [3.05, 3.63) is 11.9 Å². The molecule has 0 heterocycles. The minimum absolute atomic E-state index is 0.00106. The molecule has 0 saturated heterocycles. The van der Waals surface area contributed by atoms with Crippen LogP contribution in [0.5, 0.6) is 0 Å². The zero-order valence-corrected chi connectivity index (χ0v) is 21.0. The van der Waals surface area contributed by atoms with E-state index in [4.69, 9.17) is 0 Å². The molecule has 2 heteroatoms. The molecule has 0 radical (unpaired) electrons. The van der Waals surface area contributed by atoms with E-state index in [1.54, 1.807) is 0 Å². The van der Waals surface area contributed by atoms with Gasteiger partial charge in [-0.25, -0.2) is 0 Å². The number of rotatable bonds is 9. The Morgan fingerprint density at radius 1 is 0.741 bits per heavy atom. The normalized spacial score (nSPS) is 15.1. The molecule has 0 rings (SSSR count). The first-order chi connectivity index (χ1) is 11.7. The molecule has 0 fully saturated rings. The van der Waals surface area contributed by atoms with E-state index in [1.807, 2.05) is 0 Å². The number of hydrogen-bond acceptors (Lipinski definition) is 2. The third-order valence-corrected chi connectivity index (χ3v) is 4.82. The predicted octanol–water partition coefficient (Wildman–Crippen LogP) is 7.80. The molecule has 160 valence electrons. The van der Waals surface area contributed by atoms with Crippen LogP contribution in [0.15, 0.2) is 16.9 Å². The molecule has 0 aliphatic carbocycles. The zero-order valence-electron chi connectivity index (χ0n) is 21.0. The molecule has 0 saturated carbocycles. The second kappa shape index (κ2) is 8.70. The lowest BCUT2D eigenvalue weighted by Gasteiger charge is -2.40. The average Bonchev–Trinajstić information content (AvgIpc) is 2.26. The summed E-state index contributed by atoms with van der Waals surface area (Å²) in [4.78, 5) is 6.77. The van der Waals surface area contributed by atoms with Crippen molar-refractivity contribution >= 4 is 6.72 Å². The smallest absolute Gasteiger partial charge is 0.0610 e. The fourth-order valence-corrected chi connectivity index (χ4v) is 5.64. The van der Waals surface area contributed by atoms with Crippen molar-refractivity contribution in [1.82, 2.24) is 4.90 Å². The van der Waals surface area contributed by atoms with E-state index in [-0.39, 0.29) is 16.2 Å². The summed E-state index contributed by atoms with van der Waals surface area (Å²) in [5, 5.41) is 0. The second-order valence-electron chi connectivity index (χ2n) is 13.5. The topological polar surface area (TPSA) is 15.6 Å². The minimum atomic E-state index is -0.00106. The van der Waals surface area contributed by atoms with Crippen LogP contribution in [0.2, 0.25) is 0 Å². The van der Waals surface area contributed by atoms with Gasteiger partial charge in [0.25, 0.3) is 0 Å². The Kier molecular flexibility index (Phi) is 8.45. The van der Waals surface area contributed by atoms with Gasteiger partial charge in [-0.15, -0.1) is 0 Å². The molecule has 0 aliphatic heterocycles. The van der Waals surface area contributed by atoms with Gasteiger partial charge in [0.2, 0.25) is 0 Å². The molecule has 2 nitrogen and oxygen atoms in total. The summed E-state index contributed by atoms with van der Waals surface area (Å²) in [5.41, 5.74) is 2.28. The molecule has 0 aromatic heterocycles. The van der Waals surface area contributed by atoms with Crippen molar-refractivity contribution < 1.29 is 0 Å². The Balaban J connectivity index is 5.33. The van der Waals surface area contributed by atoms with Gasteiger partial charge >= 0.3 is 0 Å². The van der Waals surface area contributed by atoms with Gasteiger partial charge in [0.05, 0.1) is 5.70 Å². The van der Waals surface area contributed by atoms with Gasteiger partial charge in [-0.1, -0.05) is 83.1 Å². The van der Waals surface area contributed by atoms with Crippen LogP contribution in [0.4, 0.5) is 0 Å². The van der Waals surface area contributed by atoms with Crippen molar-refractivity contribution in [2.45, 2.75) is 102 Å². The molecular weight excluding hydrogens is 328 g/mol. The maximum atomic E-state index is 4.45. The Hall–Kier alpha value is -0.790. The molecular formula is C25H50N2. The maximum absolute atomic E-state index is 4.45. The van der Waals surface area contributed by atoms with Crippen molar-refractivity contribution in [2.24, 2.45) is 32.1 Å². The second-order valence-corrected chi connectivity index (χ2v) is 13.5. The molecule has 0 spiro atoms. The summed E-state index contributed by atoms with van der Waals surface area (Å²) >= 11 is 0. The predicted molar refractivity (Wildman–Crippen MR) is 124 cm³/mol. The van der Waals surface area contributed by atoms with Gasteiger partial charge in [0.1, 0.15) is 0 Å². The molecule has 0 N–H and O–H groups in total. The lowest BCUT2D eigenvalue weighted by atomic mass is 9.67. The highest BCUT2D eigenvalue weighted by molar-refractivity contribution is 5.31. The first kappa shape index (κ1) is 26.2. The summed E-state index contributed by atoms with van der Waals surface area (Å²) in [6, 6.07) is 0. The summed E-state index contributed by atoms with van der Waals surface area (Å²) in [6.45, 7) is 33.0. The van der Waals surface area contributed by atoms with Crippen LogP contribution in [0.25, 0.3) is 0 Å². The fraction of sp³-hybridized carbons (Fsp3) is 0.880. The number of nitrogens with zero attached hydrogens (tertiary/aromatic N) is 2. The molecule has 0 aliphatic rings. The summed E-state index contributed by atoms with van der Waals surface area (Å²) < 4.78 is 0. The SMILES string of the molecule is C=N/C(=C\N(C)CC(C)(C)CC(C)(C)C)C(C)(C)CC(C)(C)CC(C)(C)C. The average molecular weight is 379 g/mol. The van der Waals surface area contributed by atoms with Crippen molar-refractivity contribution in [3.8, 4) is 0 Å². The molecule has 0 bridgehead atoms. The first-order valence-electron chi connectivity index (χ1n) is 10.6. The van der Waals surface area contributed by atoms with Gasteiger partial charge in [-0.3, -0.25) is 4.99 Å². The maximum Gasteiger partial charge on any atom is 0.0610 e. The Morgan fingerprint density at radius 2 is 1.15 bits per heavy atom. The molecule has 27 heavy (non-hydrogen) atoms. The van der Waals surface area contributed by atoms with Crippen LogP contribution in [0, 0.1) is 27.1 Å². The van der Waals surface area contributed by atoms with Crippen LogP contribution < -0.4 is 0 Å². The van der Waals surface area contributed by atoms with E-state index in [0.29, 0.717) is 10.8 Å². The van der Waals surface area contributed by atoms with Gasteiger partial charge < -0.3 is 4.90 Å². The van der Waals surface area contributed by atoms with Gasteiger partial charge in [-0.05, 0) is 47.6 Å². The third kappa shape index (κ3) is 11.6. The Labute approximate surface area is 171 Å². The third-order valence-electron chi connectivity index (χ3n) is 4.82. The van der Waals surface area contributed by atoms with E-state index >= 15 is 0 Å². The fourth-order valence-electron chi connectivity index (χ4n) is 5.64. The molecule has 0 atom stereocenters. The van der Waals surface area contributed by atoms with Gasteiger partial charge in [-0.2, -0.15) is 0 Å². The Morgan fingerprint density at radius 3 is 1.52 bits per heavy atom.